The third kappa shape index (κ3) is 11.4. The van der Waals surface area contributed by atoms with Gasteiger partial charge in [0, 0.05) is 26.2 Å². The summed E-state index contributed by atoms with van der Waals surface area (Å²) in [6.07, 6.45) is 1.39. The van der Waals surface area contributed by atoms with Crippen LogP contribution in [-0.4, -0.2) is 25.7 Å². The summed E-state index contributed by atoms with van der Waals surface area (Å²) in [6.45, 7) is 10.7. The lowest BCUT2D eigenvalue weighted by molar-refractivity contribution is -0.121. The largest absolute Gasteiger partial charge is 0.381 e. The second-order valence-electron chi connectivity index (χ2n) is 4.77. The lowest BCUT2D eigenvalue weighted by atomic mass is 10.2. The number of nitrogens with one attached hydrogen (secondary N) is 1. The number of ether oxygens (including phenoxy) is 1. The van der Waals surface area contributed by atoms with Crippen molar-refractivity contribution in [2.24, 2.45) is 11.8 Å². The van der Waals surface area contributed by atoms with E-state index in [1.54, 1.807) is 0 Å². The van der Waals surface area contributed by atoms with E-state index in [0.717, 1.165) is 19.6 Å². The fourth-order valence-electron chi connectivity index (χ4n) is 1.06. The summed E-state index contributed by atoms with van der Waals surface area (Å²) >= 11 is 0. The van der Waals surface area contributed by atoms with Crippen LogP contribution in [0, 0.1) is 11.8 Å². The molecule has 0 spiro atoms. The summed E-state index contributed by atoms with van der Waals surface area (Å²) in [4.78, 5) is 11.3. The first-order chi connectivity index (χ1) is 7.02. The van der Waals surface area contributed by atoms with Crippen LogP contribution >= 0.6 is 0 Å². The van der Waals surface area contributed by atoms with Gasteiger partial charge in [0.25, 0.3) is 0 Å². The van der Waals surface area contributed by atoms with E-state index in [1.165, 1.54) is 0 Å². The molecule has 0 saturated heterocycles. The smallest absolute Gasteiger partial charge is 0.220 e. The van der Waals surface area contributed by atoms with Gasteiger partial charge in [-0.25, -0.2) is 0 Å². The molecule has 0 bridgehead atoms. The van der Waals surface area contributed by atoms with Crippen LogP contribution in [0.15, 0.2) is 0 Å². The van der Waals surface area contributed by atoms with Gasteiger partial charge in [0.2, 0.25) is 5.91 Å². The van der Waals surface area contributed by atoms with Crippen molar-refractivity contribution in [2.45, 2.75) is 40.5 Å². The lowest BCUT2D eigenvalue weighted by Gasteiger charge is -2.08. The SMILES string of the molecule is CC(C)CNC(=O)CCCOCC(C)C. The molecule has 0 fully saturated rings. The van der Waals surface area contributed by atoms with Crippen LogP contribution in [0.4, 0.5) is 0 Å². The summed E-state index contributed by atoms with van der Waals surface area (Å²) in [6, 6.07) is 0. The number of hydrogen-bond acceptors (Lipinski definition) is 2. The van der Waals surface area contributed by atoms with Gasteiger partial charge < -0.3 is 10.1 Å². The van der Waals surface area contributed by atoms with Crippen LogP contribution in [0.2, 0.25) is 0 Å². The Balaban J connectivity index is 3.24. The standard InChI is InChI=1S/C12H25NO2/c1-10(2)8-13-12(14)6-5-7-15-9-11(3)4/h10-11H,5-9H2,1-4H3,(H,13,14). The molecular weight excluding hydrogens is 190 g/mol. The van der Waals surface area contributed by atoms with E-state index < -0.39 is 0 Å². The highest BCUT2D eigenvalue weighted by Crippen LogP contribution is 1.96. The maximum atomic E-state index is 11.3. The molecule has 15 heavy (non-hydrogen) atoms. The Morgan fingerprint density at radius 1 is 1.20 bits per heavy atom. The van der Waals surface area contributed by atoms with Crippen molar-refractivity contribution in [2.75, 3.05) is 19.8 Å². The van der Waals surface area contributed by atoms with Crippen LogP contribution < -0.4 is 5.32 Å². The molecule has 0 aliphatic heterocycles. The summed E-state index contributed by atoms with van der Waals surface area (Å²) in [7, 11) is 0. The van der Waals surface area contributed by atoms with E-state index in [-0.39, 0.29) is 5.91 Å². The molecule has 0 saturated carbocycles. The minimum atomic E-state index is 0.136. The lowest BCUT2D eigenvalue weighted by Crippen LogP contribution is -2.27. The molecular formula is C12H25NO2. The third-order valence-corrected chi connectivity index (χ3v) is 1.85. The topological polar surface area (TPSA) is 38.3 Å². The predicted octanol–water partition coefficient (Wildman–Crippen LogP) is 2.21. The molecule has 0 aromatic rings. The first kappa shape index (κ1) is 14.4. The predicted molar refractivity (Wildman–Crippen MR) is 62.7 cm³/mol. The summed E-state index contributed by atoms with van der Waals surface area (Å²) < 4.78 is 5.39. The van der Waals surface area contributed by atoms with Crippen LogP contribution in [0.5, 0.6) is 0 Å². The van der Waals surface area contributed by atoms with E-state index in [9.17, 15) is 4.79 Å². The zero-order chi connectivity index (χ0) is 11.7. The van der Waals surface area contributed by atoms with Crippen molar-refractivity contribution in [1.29, 1.82) is 0 Å². The minimum Gasteiger partial charge on any atom is -0.381 e. The Hall–Kier alpha value is -0.570. The molecule has 0 aliphatic carbocycles. The number of carbonyl (C=O) groups excluding carboxylic acids is 1. The summed E-state index contributed by atoms with van der Waals surface area (Å²) in [5.41, 5.74) is 0. The zero-order valence-corrected chi connectivity index (χ0v) is 10.5. The zero-order valence-electron chi connectivity index (χ0n) is 10.5. The van der Waals surface area contributed by atoms with Crippen molar-refractivity contribution in [3.63, 3.8) is 0 Å². The van der Waals surface area contributed by atoms with Crippen LogP contribution in [-0.2, 0) is 9.53 Å². The van der Waals surface area contributed by atoms with Gasteiger partial charge in [-0.1, -0.05) is 27.7 Å². The first-order valence-corrected chi connectivity index (χ1v) is 5.86. The number of rotatable bonds is 8. The molecule has 0 unspecified atom stereocenters. The average Bonchev–Trinajstić information content (AvgIpc) is 2.13. The highest BCUT2D eigenvalue weighted by Gasteiger charge is 2.02. The van der Waals surface area contributed by atoms with Crippen molar-refractivity contribution < 1.29 is 9.53 Å². The maximum absolute atomic E-state index is 11.3. The van der Waals surface area contributed by atoms with Gasteiger partial charge >= 0.3 is 0 Å². The molecule has 0 atom stereocenters. The summed E-state index contributed by atoms with van der Waals surface area (Å²) in [5.74, 6) is 1.22. The quantitative estimate of drug-likeness (QED) is 0.630. The molecule has 1 amide bonds. The van der Waals surface area contributed by atoms with Gasteiger partial charge in [-0.15, -0.1) is 0 Å². The number of carbonyl (C=O) groups is 1. The highest BCUT2D eigenvalue weighted by atomic mass is 16.5. The first-order valence-electron chi connectivity index (χ1n) is 5.86. The maximum Gasteiger partial charge on any atom is 0.220 e. The van der Waals surface area contributed by atoms with Crippen LogP contribution in [0.25, 0.3) is 0 Å². The van der Waals surface area contributed by atoms with E-state index in [4.69, 9.17) is 4.74 Å². The van der Waals surface area contributed by atoms with E-state index in [2.05, 4.69) is 33.0 Å². The normalized spacial score (nSPS) is 11.1. The number of amides is 1. The number of hydrogen-bond donors (Lipinski definition) is 1. The molecule has 0 heterocycles. The molecule has 0 aromatic carbocycles. The molecule has 0 aliphatic rings. The van der Waals surface area contributed by atoms with Gasteiger partial charge in [-0.3, -0.25) is 4.79 Å². The minimum absolute atomic E-state index is 0.136. The molecule has 1 N–H and O–H groups in total. The van der Waals surface area contributed by atoms with E-state index in [0.29, 0.717) is 24.9 Å². The Bertz CT molecular complexity index is 167. The van der Waals surface area contributed by atoms with Gasteiger partial charge in [-0.05, 0) is 18.3 Å². The van der Waals surface area contributed by atoms with Crippen molar-refractivity contribution in [3.8, 4) is 0 Å². The Morgan fingerprint density at radius 3 is 2.40 bits per heavy atom. The van der Waals surface area contributed by atoms with Crippen molar-refractivity contribution in [3.05, 3.63) is 0 Å². The Kier molecular flexibility index (Phi) is 8.38. The molecule has 0 aromatic heterocycles. The van der Waals surface area contributed by atoms with Crippen LogP contribution in [0.3, 0.4) is 0 Å². The molecule has 3 heteroatoms. The van der Waals surface area contributed by atoms with Gasteiger partial charge in [0.05, 0.1) is 0 Å². The average molecular weight is 215 g/mol. The van der Waals surface area contributed by atoms with Gasteiger partial charge in [0.15, 0.2) is 0 Å². The molecule has 90 valence electrons. The van der Waals surface area contributed by atoms with E-state index in [1.807, 2.05) is 0 Å². The Morgan fingerprint density at radius 2 is 1.87 bits per heavy atom. The molecule has 3 nitrogen and oxygen atoms in total. The molecule has 0 radical (unpaired) electrons. The van der Waals surface area contributed by atoms with Gasteiger partial charge in [0.1, 0.15) is 0 Å². The van der Waals surface area contributed by atoms with Crippen molar-refractivity contribution in [1.82, 2.24) is 5.32 Å². The third-order valence-electron chi connectivity index (χ3n) is 1.85. The van der Waals surface area contributed by atoms with E-state index >= 15 is 0 Å². The summed E-state index contributed by atoms with van der Waals surface area (Å²) in [5, 5.41) is 2.89. The van der Waals surface area contributed by atoms with Crippen LogP contribution in [0.1, 0.15) is 40.5 Å². The fraction of sp³-hybridized carbons (Fsp3) is 0.917. The Labute approximate surface area is 93.6 Å². The monoisotopic (exact) mass is 215 g/mol. The second kappa shape index (κ2) is 8.72. The van der Waals surface area contributed by atoms with Gasteiger partial charge in [-0.2, -0.15) is 0 Å². The molecule has 0 rings (SSSR count). The highest BCUT2D eigenvalue weighted by molar-refractivity contribution is 5.75. The second-order valence-corrected chi connectivity index (χ2v) is 4.77. The van der Waals surface area contributed by atoms with Crippen molar-refractivity contribution >= 4 is 5.91 Å². The fourth-order valence-corrected chi connectivity index (χ4v) is 1.06.